The van der Waals surface area contributed by atoms with Gasteiger partial charge in [0.1, 0.15) is 37.1 Å². The molecule has 28 heavy (non-hydrogen) atoms. The minimum absolute atomic E-state index is 0.116. The van der Waals surface area contributed by atoms with E-state index in [9.17, 15) is 9.59 Å². The van der Waals surface area contributed by atoms with Crippen molar-refractivity contribution in [1.82, 2.24) is 9.79 Å². The van der Waals surface area contributed by atoms with Crippen molar-refractivity contribution in [3.8, 4) is 16.9 Å². The molecule has 2 aromatic rings. The lowest BCUT2D eigenvalue weighted by atomic mass is 9.59. The Bertz CT molecular complexity index is 944. The summed E-state index contributed by atoms with van der Waals surface area (Å²) in [6.45, 7) is 0. The summed E-state index contributed by atoms with van der Waals surface area (Å²) in [4.78, 5) is 28.3. The van der Waals surface area contributed by atoms with E-state index in [2.05, 4.69) is 9.64 Å². The lowest BCUT2D eigenvalue weighted by Crippen LogP contribution is -2.58. The van der Waals surface area contributed by atoms with E-state index in [0.717, 1.165) is 0 Å². The standard InChI is InChI=1S/C14H4B7ClN2O4/c15-8-7(5-2-1-3-6(22)4-5)11(16)23-9(10(8)27-20)12(25)24(19)14(17,18)13(26)28-21/h1-4H. The predicted octanol–water partition coefficient (Wildman–Crippen LogP) is -2.40. The lowest BCUT2D eigenvalue weighted by molar-refractivity contribution is -0.136. The van der Waals surface area contributed by atoms with Gasteiger partial charge in [0.2, 0.25) is 7.98 Å². The van der Waals surface area contributed by atoms with Crippen LogP contribution >= 0.6 is 11.6 Å². The molecule has 122 valence electrons. The monoisotopic (exact) mass is 376 g/mol. The van der Waals surface area contributed by atoms with Gasteiger partial charge in [0, 0.05) is 10.4 Å². The van der Waals surface area contributed by atoms with Crippen LogP contribution in [0.1, 0.15) is 10.5 Å². The van der Waals surface area contributed by atoms with Crippen LogP contribution in [0.2, 0.25) is 5.02 Å². The molecule has 1 aromatic heterocycles. The highest BCUT2D eigenvalue weighted by molar-refractivity contribution is 6.54. The van der Waals surface area contributed by atoms with Gasteiger partial charge < -0.3 is 14.1 Å². The molecule has 14 radical (unpaired) electrons. The number of rotatable bonds is 5. The maximum atomic E-state index is 12.7. The third kappa shape index (κ3) is 3.99. The van der Waals surface area contributed by atoms with Crippen molar-refractivity contribution in [3.05, 3.63) is 35.0 Å². The van der Waals surface area contributed by atoms with Crippen LogP contribution in [0.3, 0.4) is 0 Å². The number of halogens is 1. The van der Waals surface area contributed by atoms with Gasteiger partial charge in [0.15, 0.2) is 5.69 Å². The van der Waals surface area contributed by atoms with Crippen LogP contribution in [0.4, 0.5) is 0 Å². The lowest BCUT2D eigenvalue weighted by Gasteiger charge is -2.35. The first kappa shape index (κ1) is 22.1. The van der Waals surface area contributed by atoms with Crippen molar-refractivity contribution < 1.29 is 18.9 Å². The Kier molecular flexibility index (Phi) is 6.70. The number of nitrogens with zero attached hydrogens (tertiary/aromatic N) is 2. The number of benzene rings is 1. The van der Waals surface area contributed by atoms with Gasteiger partial charge in [-0.05, 0) is 34.3 Å². The van der Waals surface area contributed by atoms with Crippen molar-refractivity contribution in [2.75, 3.05) is 0 Å². The fourth-order valence-electron chi connectivity index (χ4n) is 2.29. The van der Waals surface area contributed by atoms with Gasteiger partial charge in [-0.25, -0.2) is 0 Å². The number of aromatic nitrogens is 1. The Labute approximate surface area is 176 Å². The van der Waals surface area contributed by atoms with Gasteiger partial charge in [0.25, 0.3) is 11.9 Å². The van der Waals surface area contributed by atoms with Gasteiger partial charge in [-0.1, -0.05) is 23.7 Å². The number of pyridine rings is 1. The van der Waals surface area contributed by atoms with Crippen molar-refractivity contribution >= 4 is 90.0 Å². The van der Waals surface area contributed by atoms with Crippen LogP contribution < -0.4 is 15.7 Å². The molecule has 1 aromatic carbocycles. The number of carbonyl (C=O) groups excluding carboxylic acids is 2. The van der Waals surface area contributed by atoms with Crippen LogP contribution in [0.15, 0.2) is 24.3 Å². The molecule has 0 N–H and O–H groups in total. The summed E-state index contributed by atoms with van der Waals surface area (Å²) in [5.41, 5.74) is -0.198. The normalized spacial score (nSPS) is 10.9. The van der Waals surface area contributed by atoms with Gasteiger partial charge in [-0.15, -0.1) is 0 Å². The molecule has 2 rings (SSSR count). The molecule has 1 amide bonds. The summed E-state index contributed by atoms with van der Waals surface area (Å²) in [7, 11) is 38.5. The van der Waals surface area contributed by atoms with E-state index in [-0.39, 0.29) is 27.2 Å². The SMILES string of the molecule is [B]OC(=O)C([B])([B])N([B])C(=O)c1nc([B])c(-c2cccc(Cl)c2)c([B])c1O[B]. The van der Waals surface area contributed by atoms with E-state index < -0.39 is 22.9 Å². The van der Waals surface area contributed by atoms with Crippen LogP contribution in [0.5, 0.6) is 5.75 Å². The molecule has 14 heteroatoms. The molecule has 0 aliphatic rings. The van der Waals surface area contributed by atoms with Crippen LogP contribution in [0, 0.1) is 0 Å². The second kappa shape index (κ2) is 8.47. The van der Waals surface area contributed by atoms with Gasteiger partial charge in [-0.2, -0.15) is 0 Å². The summed E-state index contributed by atoms with van der Waals surface area (Å²) in [6, 6.07) is 6.49. The van der Waals surface area contributed by atoms with Crippen molar-refractivity contribution in [2.45, 2.75) is 5.34 Å². The minimum atomic E-state index is -2.63. The van der Waals surface area contributed by atoms with Gasteiger partial charge in [0.05, 0.1) is 0 Å². The van der Waals surface area contributed by atoms with E-state index in [1.54, 1.807) is 24.3 Å². The Morgan fingerprint density at radius 2 is 1.82 bits per heavy atom. The van der Waals surface area contributed by atoms with E-state index >= 15 is 0 Å². The topological polar surface area (TPSA) is 68.7 Å². The third-order valence-corrected chi connectivity index (χ3v) is 3.94. The van der Waals surface area contributed by atoms with Crippen LogP contribution in [-0.2, 0) is 9.45 Å². The Hall–Kier alpha value is -2.15. The maximum Gasteiger partial charge on any atom is 0.378 e. The van der Waals surface area contributed by atoms with Crippen molar-refractivity contribution in [1.29, 1.82) is 0 Å². The summed E-state index contributed by atoms with van der Waals surface area (Å²) in [5.74, 6) is -3.00. The molecule has 0 unspecified atom stereocenters. The van der Waals surface area contributed by atoms with Gasteiger partial charge >= 0.3 is 16.1 Å². The number of carbonyl (C=O) groups is 2. The van der Waals surface area contributed by atoms with E-state index in [4.69, 9.17) is 71.7 Å². The molecule has 1 heterocycles. The Morgan fingerprint density at radius 1 is 1.18 bits per heavy atom. The smallest absolute Gasteiger partial charge is 0.378 e. The highest BCUT2D eigenvalue weighted by atomic mass is 35.5. The van der Waals surface area contributed by atoms with Gasteiger partial charge in [-0.3, -0.25) is 14.6 Å². The largest absolute Gasteiger partial charge is 0.567 e. The molecule has 0 fully saturated rings. The van der Waals surface area contributed by atoms with Crippen molar-refractivity contribution in [2.24, 2.45) is 0 Å². The van der Waals surface area contributed by atoms with E-state index in [1.807, 2.05) is 0 Å². The molecular formula is C14H4B7ClN2O4. The average Bonchev–Trinajstić information content (AvgIpc) is 2.65. The number of hydrogen-bond acceptors (Lipinski definition) is 5. The molecule has 0 saturated carbocycles. The van der Waals surface area contributed by atoms with E-state index in [1.165, 1.54) is 0 Å². The number of amides is 1. The second-order valence-corrected chi connectivity index (χ2v) is 5.93. The molecule has 0 atom stereocenters. The molecule has 0 bridgehead atoms. The number of hydrogen-bond donors (Lipinski definition) is 0. The summed E-state index contributed by atoms with van der Waals surface area (Å²) >= 11 is 5.97. The average molecular weight is 375 g/mol. The summed E-state index contributed by atoms with van der Waals surface area (Å²) in [6.07, 6.45) is 0. The quantitative estimate of drug-likeness (QED) is 0.545. The third-order valence-electron chi connectivity index (χ3n) is 3.70. The minimum Gasteiger partial charge on any atom is -0.567 e. The fourth-order valence-corrected chi connectivity index (χ4v) is 2.48. The Balaban J connectivity index is 2.61. The maximum absolute atomic E-state index is 12.7. The second-order valence-electron chi connectivity index (χ2n) is 5.50. The fraction of sp³-hybridized carbons (Fsp3) is 0.0714. The molecule has 0 spiro atoms. The molecule has 6 nitrogen and oxygen atoms in total. The zero-order chi connectivity index (χ0) is 21.2. The first-order valence-electron chi connectivity index (χ1n) is 7.36. The highest BCUT2D eigenvalue weighted by Crippen LogP contribution is 2.24. The summed E-state index contributed by atoms with van der Waals surface area (Å²) < 4.78 is 8.61. The Morgan fingerprint density at radius 3 is 2.36 bits per heavy atom. The molecule has 0 saturated heterocycles. The first-order valence-corrected chi connectivity index (χ1v) is 7.73. The van der Waals surface area contributed by atoms with Crippen molar-refractivity contribution in [3.63, 3.8) is 0 Å². The van der Waals surface area contributed by atoms with Crippen LogP contribution in [-0.4, -0.2) is 82.5 Å². The molecular weight excluding hydrogens is 371 g/mol. The predicted molar refractivity (Wildman–Crippen MR) is 110 cm³/mol. The van der Waals surface area contributed by atoms with Crippen LogP contribution in [0.25, 0.3) is 11.1 Å². The van der Waals surface area contributed by atoms with E-state index in [0.29, 0.717) is 10.6 Å². The zero-order valence-corrected chi connectivity index (χ0v) is 15.0. The highest BCUT2D eigenvalue weighted by Gasteiger charge is 2.36. The molecule has 0 aliphatic carbocycles. The molecule has 0 aliphatic heterocycles. The zero-order valence-electron chi connectivity index (χ0n) is 14.3. The first-order chi connectivity index (χ1) is 13.1. The summed E-state index contributed by atoms with van der Waals surface area (Å²) in [5, 5.41) is -2.23.